The van der Waals surface area contributed by atoms with Crippen LogP contribution in [0, 0.1) is 0 Å². The minimum Gasteiger partial charge on any atom is -0.496 e. The van der Waals surface area contributed by atoms with Crippen LogP contribution in [0.2, 0.25) is 5.02 Å². The molecule has 0 bridgehead atoms. The van der Waals surface area contributed by atoms with Gasteiger partial charge in [-0.05, 0) is 31.0 Å². The second-order valence-corrected chi connectivity index (χ2v) is 8.29. The molecule has 0 saturated heterocycles. The Labute approximate surface area is 184 Å². The van der Waals surface area contributed by atoms with Crippen LogP contribution in [0.1, 0.15) is 60.1 Å². The molecule has 1 amide bonds. The maximum atomic E-state index is 13.0. The number of ether oxygens (including phenoxy) is 1. The average Bonchev–Trinajstić information content (AvgIpc) is 2.99. The molecule has 168 valence electrons. The highest BCUT2D eigenvalue weighted by Crippen LogP contribution is 2.38. The van der Waals surface area contributed by atoms with Crippen molar-refractivity contribution in [2.45, 2.75) is 50.1 Å². The molecule has 5 nitrogen and oxygen atoms in total. The van der Waals surface area contributed by atoms with Crippen LogP contribution in [0.3, 0.4) is 0 Å². The Kier molecular flexibility index (Phi) is 6.99. The van der Waals surface area contributed by atoms with Crippen molar-refractivity contribution in [1.29, 1.82) is 0 Å². The Morgan fingerprint density at radius 2 is 1.90 bits per heavy atom. The molecule has 0 aliphatic heterocycles. The zero-order chi connectivity index (χ0) is 22.6. The molecule has 3 rings (SSSR count). The summed E-state index contributed by atoms with van der Waals surface area (Å²) in [6.07, 6.45) is 1.78. The molecule has 1 saturated carbocycles. The van der Waals surface area contributed by atoms with Gasteiger partial charge in [-0.3, -0.25) is 9.78 Å². The highest BCUT2D eigenvalue weighted by Gasteiger charge is 2.37. The van der Waals surface area contributed by atoms with Crippen LogP contribution in [0.4, 0.5) is 18.9 Å². The summed E-state index contributed by atoms with van der Waals surface area (Å²) in [5.41, 5.74) is 5.55. The number of hydrogen-bond acceptors (Lipinski definition) is 4. The van der Waals surface area contributed by atoms with Gasteiger partial charge in [-0.1, -0.05) is 37.3 Å². The number of rotatable bonds is 5. The normalized spacial score (nSPS) is 16.4. The van der Waals surface area contributed by atoms with E-state index < -0.39 is 23.1 Å². The first-order chi connectivity index (χ1) is 14.7. The van der Waals surface area contributed by atoms with E-state index in [1.165, 1.54) is 25.3 Å². The van der Waals surface area contributed by atoms with E-state index in [0.717, 1.165) is 50.8 Å². The first kappa shape index (κ1) is 23.2. The Morgan fingerprint density at radius 3 is 2.45 bits per heavy atom. The fourth-order valence-electron chi connectivity index (χ4n) is 4.06. The lowest BCUT2D eigenvalue weighted by Crippen LogP contribution is -2.41. The number of alkyl halides is 3. The number of methoxy groups -OCH3 is 1. The van der Waals surface area contributed by atoms with Crippen LogP contribution >= 0.6 is 11.6 Å². The summed E-state index contributed by atoms with van der Waals surface area (Å²) < 4.78 is 44.2. The number of carbonyl (C=O) groups is 1. The van der Waals surface area contributed by atoms with Crippen molar-refractivity contribution in [3.63, 3.8) is 0 Å². The quantitative estimate of drug-likeness (QED) is 0.469. The zero-order valence-corrected chi connectivity index (χ0v) is 17.9. The monoisotopic (exact) mass is 455 g/mol. The Bertz CT molecular complexity index is 925. The third-order valence-corrected chi connectivity index (χ3v) is 6.17. The molecule has 3 N–H and O–H groups in total. The summed E-state index contributed by atoms with van der Waals surface area (Å²) in [6, 6.07) is 5.41. The smallest absolute Gasteiger partial charge is 0.417 e. The number of anilines is 1. The maximum absolute atomic E-state index is 13.0. The molecule has 1 heterocycles. The average molecular weight is 456 g/mol. The van der Waals surface area contributed by atoms with Crippen molar-refractivity contribution < 1.29 is 22.7 Å². The van der Waals surface area contributed by atoms with Gasteiger partial charge in [0.15, 0.2) is 0 Å². The van der Waals surface area contributed by atoms with Crippen molar-refractivity contribution >= 4 is 23.2 Å². The van der Waals surface area contributed by atoms with Crippen LogP contribution in [0.25, 0.3) is 0 Å². The van der Waals surface area contributed by atoms with E-state index in [4.69, 9.17) is 22.1 Å². The minimum atomic E-state index is -4.44. The zero-order valence-electron chi connectivity index (χ0n) is 17.2. The minimum absolute atomic E-state index is 0.236. The number of pyridine rings is 1. The number of amides is 1. The van der Waals surface area contributed by atoms with Crippen LogP contribution in [-0.2, 0) is 11.6 Å². The SMILES string of the molecule is COc1cc(N)c(Cl)cc1C(=O)NCC1(c2ccc(C(F)(F)F)cn2)CCCCCC1. The summed E-state index contributed by atoms with van der Waals surface area (Å²) in [4.78, 5) is 17.1. The number of halogens is 4. The third kappa shape index (κ3) is 5.23. The Balaban J connectivity index is 1.87. The molecule has 1 aromatic carbocycles. The van der Waals surface area contributed by atoms with Crippen molar-refractivity contribution in [1.82, 2.24) is 10.3 Å². The summed E-state index contributed by atoms with van der Waals surface area (Å²) >= 11 is 6.07. The second-order valence-electron chi connectivity index (χ2n) is 7.88. The summed E-state index contributed by atoms with van der Waals surface area (Å²) in [5.74, 6) is -0.101. The van der Waals surface area contributed by atoms with Gasteiger partial charge in [0.05, 0.1) is 28.9 Å². The number of nitrogen functional groups attached to an aromatic ring is 1. The van der Waals surface area contributed by atoms with Crippen LogP contribution in [0.15, 0.2) is 30.5 Å². The number of aromatic nitrogens is 1. The first-order valence-corrected chi connectivity index (χ1v) is 10.5. The number of nitrogens with two attached hydrogens (primary N) is 1. The number of nitrogens with zero attached hydrogens (tertiary/aromatic N) is 1. The Morgan fingerprint density at radius 1 is 1.23 bits per heavy atom. The molecular weight excluding hydrogens is 431 g/mol. The lowest BCUT2D eigenvalue weighted by Gasteiger charge is -2.33. The summed E-state index contributed by atoms with van der Waals surface area (Å²) in [5, 5.41) is 3.16. The van der Waals surface area contributed by atoms with Crippen molar-refractivity contribution in [3.8, 4) is 5.75 Å². The molecule has 1 fully saturated rings. The second kappa shape index (κ2) is 9.34. The number of benzene rings is 1. The molecule has 0 spiro atoms. The highest BCUT2D eigenvalue weighted by molar-refractivity contribution is 6.33. The van der Waals surface area contributed by atoms with E-state index in [9.17, 15) is 18.0 Å². The van der Waals surface area contributed by atoms with Gasteiger partial charge in [0.1, 0.15) is 5.75 Å². The molecule has 1 aromatic heterocycles. The molecule has 2 aromatic rings. The van der Waals surface area contributed by atoms with Gasteiger partial charge in [-0.25, -0.2) is 0 Å². The van der Waals surface area contributed by atoms with E-state index in [2.05, 4.69) is 10.3 Å². The largest absolute Gasteiger partial charge is 0.496 e. The maximum Gasteiger partial charge on any atom is 0.417 e. The van der Waals surface area contributed by atoms with E-state index in [-0.39, 0.29) is 17.1 Å². The van der Waals surface area contributed by atoms with Gasteiger partial charge in [-0.15, -0.1) is 0 Å². The molecule has 1 aliphatic carbocycles. The standard InChI is InChI=1S/C22H25ClF3N3O2/c1-31-18-11-17(27)16(23)10-15(18)20(30)29-13-21(8-4-2-3-5-9-21)19-7-6-14(12-28-19)22(24,25)26/h6-7,10-12H,2-5,8-9,13,27H2,1H3,(H,29,30). The third-order valence-electron chi connectivity index (χ3n) is 5.85. The van der Waals surface area contributed by atoms with E-state index in [1.807, 2.05) is 0 Å². The van der Waals surface area contributed by atoms with Crippen LogP contribution in [-0.4, -0.2) is 24.5 Å². The lowest BCUT2D eigenvalue weighted by atomic mass is 9.76. The Hall–Kier alpha value is -2.48. The summed E-state index contributed by atoms with van der Waals surface area (Å²) in [7, 11) is 1.43. The number of carbonyl (C=O) groups excluding carboxylic acids is 1. The van der Waals surface area contributed by atoms with Gasteiger partial charge in [0, 0.05) is 29.9 Å². The van der Waals surface area contributed by atoms with Gasteiger partial charge in [0.2, 0.25) is 0 Å². The molecule has 9 heteroatoms. The van der Waals surface area contributed by atoms with E-state index in [0.29, 0.717) is 17.1 Å². The molecule has 0 atom stereocenters. The van der Waals surface area contributed by atoms with Gasteiger partial charge >= 0.3 is 6.18 Å². The predicted molar refractivity (Wildman–Crippen MR) is 113 cm³/mol. The molecular formula is C22H25ClF3N3O2. The number of nitrogens with one attached hydrogen (secondary N) is 1. The number of hydrogen-bond donors (Lipinski definition) is 2. The summed E-state index contributed by atoms with van der Waals surface area (Å²) in [6.45, 7) is 0.245. The van der Waals surface area contributed by atoms with E-state index in [1.54, 1.807) is 0 Å². The van der Waals surface area contributed by atoms with Crippen LogP contribution in [0.5, 0.6) is 5.75 Å². The molecule has 0 radical (unpaired) electrons. The molecule has 1 aliphatic rings. The predicted octanol–water partition coefficient (Wildman–Crippen LogP) is 5.37. The highest BCUT2D eigenvalue weighted by atomic mass is 35.5. The van der Waals surface area contributed by atoms with Gasteiger partial charge in [-0.2, -0.15) is 13.2 Å². The topological polar surface area (TPSA) is 77.2 Å². The van der Waals surface area contributed by atoms with E-state index >= 15 is 0 Å². The van der Waals surface area contributed by atoms with Crippen molar-refractivity contribution in [2.75, 3.05) is 19.4 Å². The molecule has 31 heavy (non-hydrogen) atoms. The fourth-order valence-corrected chi connectivity index (χ4v) is 4.23. The van der Waals surface area contributed by atoms with Crippen LogP contribution < -0.4 is 15.8 Å². The van der Waals surface area contributed by atoms with Crippen molar-refractivity contribution in [3.05, 3.63) is 52.3 Å². The van der Waals surface area contributed by atoms with Gasteiger partial charge in [0.25, 0.3) is 5.91 Å². The van der Waals surface area contributed by atoms with Crippen molar-refractivity contribution in [2.24, 2.45) is 0 Å². The fraction of sp³-hybridized carbons (Fsp3) is 0.455. The first-order valence-electron chi connectivity index (χ1n) is 10.1. The lowest BCUT2D eigenvalue weighted by molar-refractivity contribution is -0.137. The van der Waals surface area contributed by atoms with Gasteiger partial charge < -0.3 is 15.8 Å². The molecule has 0 unspecified atom stereocenters.